The van der Waals surface area contributed by atoms with E-state index in [0.29, 0.717) is 10.4 Å². The number of halogens is 1. The highest BCUT2D eigenvalue weighted by atomic mass is 79.9. The Hall–Kier alpha value is -3.66. The fourth-order valence-electron chi connectivity index (χ4n) is 2.49. The molecule has 1 heterocycles. The molecule has 1 aromatic heterocycles. The number of hydrogen-bond acceptors (Lipinski definition) is 7. The van der Waals surface area contributed by atoms with Crippen LogP contribution in [0.3, 0.4) is 0 Å². The van der Waals surface area contributed by atoms with Crippen LogP contribution in [0.4, 0.5) is 5.69 Å². The second-order valence-electron chi connectivity index (χ2n) is 6.15. The van der Waals surface area contributed by atoms with Gasteiger partial charge in [0.1, 0.15) is 6.20 Å². The summed E-state index contributed by atoms with van der Waals surface area (Å²) in [7, 11) is 1.41. The molecule has 1 N–H and O–H groups in total. The van der Waals surface area contributed by atoms with Gasteiger partial charge in [-0.15, -0.1) is 0 Å². The van der Waals surface area contributed by atoms with Gasteiger partial charge in [0.15, 0.2) is 24.7 Å². The van der Waals surface area contributed by atoms with Crippen LogP contribution in [0.15, 0.2) is 65.4 Å². The van der Waals surface area contributed by atoms with E-state index in [9.17, 15) is 14.8 Å². The summed E-state index contributed by atoms with van der Waals surface area (Å²) in [6.45, 7) is -0.528. The Morgan fingerprint density at radius 2 is 1.94 bits per heavy atom. The van der Waals surface area contributed by atoms with Crippen molar-refractivity contribution in [1.29, 1.82) is 0 Å². The molecule has 3 aromatic rings. The molecule has 0 saturated carbocycles. The van der Waals surface area contributed by atoms with Crippen LogP contribution in [-0.2, 0) is 16.1 Å². The Labute approximate surface area is 186 Å². The minimum Gasteiger partial charge on any atom is -0.711 e. The summed E-state index contributed by atoms with van der Waals surface area (Å²) in [6.07, 6.45) is 2.69. The molecule has 0 radical (unpaired) electrons. The molecule has 10 heteroatoms. The molecule has 3 rings (SSSR count). The SMILES string of the molecule is COc1cc(C(=O)OCc2nccc[n+]2[O-])ccc1OCC(=O)Nc1ccc(Br)cc1. The van der Waals surface area contributed by atoms with Gasteiger partial charge in [0.05, 0.1) is 18.9 Å². The lowest BCUT2D eigenvalue weighted by Gasteiger charge is -2.12. The molecule has 160 valence electrons. The number of ether oxygens (including phenoxy) is 3. The molecule has 0 aliphatic rings. The largest absolute Gasteiger partial charge is 0.711 e. The van der Waals surface area contributed by atoms with Gasteiger partial charge < -0.3 is 24.7 Å². The van der Waals surface area contributed by atoms with E-state index < -0.39 is 5.97 Å². The van der Waals surface area contributed by atoms with Crippen LogP contribution >= 0.6 is 15.9 Å². The zero-order chi connectivity index (χ0) is 22.2. The summed E-state index contributed by atoms with van der Waals surface area (Å²) in [6, 6.07) is 13.0. The van der Waals surface area contributed by atoms with Crippen molar-refractivity contribution < 1.29 is 28.5 Å². The molecule has 0 unspecified atom stereocenters. The first-order valence-electron chi connectivity index (χ1n) is 9.02. The van der Waals surface area contributed by atoms with Crippen LogP contribution in [0.5, 0.6) is 11.5 Å². The zero-order valence-electron chi connectivity index (χ0n) is 16.4. The van der Waals surface area contributed by atoms with Crippen molar-refractivity contribution in [2.45, 2.75) is 6.61 Å². The van der Waals surface area contributed by atoms with E-state index in [1.54, 1.807) is 12.1 Å². The number of benzene rings is 2. The van der Waals surface area contributed by atoms with E-state index in [4.69, 9.17) is 14.2 Å². The van der Waals surface area contributed by atoms with Crippen LogP contribution in [-0.4, -0.2) is 30.6 Å². The number of methoxy groups -OCH3 is 1. The number of hydrogen-bond donors (Lipinski definition) is 1. The third kappa shape index (κ3) is 6.16. The van der Waals surface area contributed by atoms with Gasteiger partial charge in [0.2, 0.25) is 0 Å². The number of nitrogens with one attached hydrogen (secondary N) is 1. The smallest absolute Gasteiger partial charge is 0.339 e. The molecule has 1 amide bonds. The van der Waals surface area contributed by atoms with Gasteiger partial charge in [-0.25, -0.2) is 9.52 Å². The molecule has 0 bridgehead atoms. The third-order valence-corrected chi connectivity index (χ3v) is 4.53. The lowest BCUT2D eigenvalue weighted by atomic mass is 10.2. The summed E-state index contributed by atoms with van der Waals surface area (Å²) in [5.74, 6) is -0.424. The average molecular weight is 488 g/mol. The number of rotatable bonds is 8. The summed E-state index contributed by atoms with van der Waals surface area (Å²) < 4.78 is 17.3. The highest BCUT2D eigenvalue weighted by Crippen LogP contribution is 2.28. The van der Waals surface area contributed by atoms with Crippen molar-refractivity contribution in [1.82, 2.24) is 4.98 Å². The van der Waals surface area contributed by atoms with Crippen LogP contribution in [0.1, 0.15) is 16.2 Å². The number of anilines is 1. The molecule has 0 atom stereocenters. The van der Waals surface area contributed by atoms with E-state index >= 15 is 0 Å². The first-order valence-corrected chi connectivity index (χ1v) is 9.82. The lowest BCUT2D eigenvalue weighted by molar-refractivity contribution is -0.620. The van der Waals surface area contributed by atoms with Crippen LogP contribution < -0.4 is 19.5 Å². The van der Waals surface area contributed by atoms with Gasteiger partial charge in [0.25, 0.3) is 5.91 Å². The van der Waals surface area contributed by atoms with Crippen LogP contribution in [0.2, 0.25) is 0 Å². The minimum atomic E-state index is -0.663. The molecule has 0 aliphatic carbocycles. The van der Waals surface area contributed by atoms with Crippen molar-refractivity contribution in [3.05, 3.63) is 82.0 Å². The molecule has 0 fully saturated rings. The van der Waals surface area contributed by atoms with E-state index in [2.05, 4.69) is 26.2 Å². The average Bonchev–Trinajstić information content (AvgIpc) is 2.78. The normalized spacial score (nSPS) is 10.3. The number of aromatic nitrogens is 2. The molecule has 0 saturated heterocycles. The molecular formula is C21H18BrN3O6. The number of esters is 1. The number of carbonyl (C=O) groups excluding carboxylic acids is 2. The summed E-state index contributed by atoms with van der Waals surface area (Å²) >= 11 is 3.33. The first kappa shape index (κ1) is 22.0. The van der Waals surface area contributed by atoms with Crippen molar-refractivity contribution in [3.8, 4) is 11.5 Å². The maximum absolute atomic E-state index is 12.3. The van der Waals surface area contributed by atoms with E-state index in [0.717, 1.165) is 4.47 Å². The predicted molar refractivity (Wildman–Crippen MR) is 114 cm³/mol. The Balaban J connectivity index is 1.58. The minimum absolute atomic E-state index is 0.0551. The number of carbonyl (C=O) groups is 2. The molecule has 31 heavy (non-hydrogen) atoms. The summed E-state index contributed by atoms with van der Waals surface area (Å²) in [5, 5.41) is 14.3. The summed E-state index contributed by atoms with van der Waals surface area (Å²) in [5.41, 5.74) is 0.825. The lowest BCUT2D eigenvalue weighted by Crippen LogP contribution is -2.33. The fraction of sp³-hybridized carbons (Fsp3) is 0.143. The quantitative estimate of drug-likeness (QED) is 0.295. The Morgan fingerprint density at radius 1 is 1.16 bits per heavy atom. The molecule has 9 nitrogen and oxygen atoms in total. The van der Waals surface area contributed by atoms with Gasteiger partial charge in [-0.1, -0.05) is 15.9 Å². The molecule has 0 aliphatic heterocycles. The molecule has 2 aromatic carbocycles. The fourth-order valence-corrected chi connectivity index (χ4v) is 2.75. The Bertz CT molecular complexity index is 1070. The standard InChI is InChI=1S/C21H18BrN3O6/c1-29-18-11-14(21(27)31-12-19-23-9-2-10-25(19)28)3-8-17(18)30-13-20(26)24-16-6-4-15(22)5-7-16/h2-11H,12-13H2,1H3,(H,24,26). The molecule has 0 spiro atoms. The van der Waals surface area contributed by atoms with Gasteiger partial charge in [-0.2, -0.15) is 0 Å². The van der Waals surface area contributed by atoms with Crippen molar-refractivity contribution in [3.63, 3.8) is 0 Å². The van der Waals surface area contributed by atoms with E-state index in [1.807, 2.05) is 12.1 Å². The van der Waals surface area contributed by atoms with E-state index in [-0.39, 0.29) is 42.0 Å². The van der Waals surface area contributed by atoms with Gasteiger partial charge >= 0.3 is 11.8 Å². The highest BCUT2D eigenvalue weighted by Gasteiger charge is 2.16. The topological polar surface area (TPSA) is 114 Å². The number of nitrogens with zero attached hydrogens (tertiary/aromatic N) is 2. The monoisotopic (exact) mass is 487 g/mol. The van der Waals surface area contributed by atoms with E-state index in [1.165, 1.54) is 43.8 Å². The second kappa shape index (κ2) is 10.4. The molecular weight excluding hydrogens is 470 g/mol. The first-order chi connectivity index (χ1) is 15.0. The van der Waals surface area contributed by atoms with Crippen LogP contribution in [0, 0.1) is 5.21 Å². The van der Waals surface area contributed by atoms with Crippen molar-refractivity contribution in [2.24, 2.45) is 0 Å². The Morgan fingerprint density at radius 3 is 2.65 bits per heavy atom. The third-order valence-electron chi connectivity index (χ3n) is 4.00. The van der Waals surface area contributed by atoms with Gasteiger partial charge in [0, 0.05) is 16.2 Å². The van der Waals surface area contributed by atoms with Gasteiger partial charge in [-0.05, 0) is 47.4 Å². The van der Waals surface area contributed by atoms with Crippen LogP contribution in [0.25, 0.3) is 0 Å². The maximum Gasteiger partial charge on any atom is 0.339 e. The summed E-state index contributed by atoms with van der Waals surface area (Å²) in [4.78, 5) is 28.2. The number of amides is 1. The Kier molecular flexibility index (Phi) is 7.39. The van der Waals surface area contributed by atoms with Crippen molar-refractivity contribution in [2.75, 3.05) is 19.0 Å². The predicted octanol–water partition coefficient (Wildman–Crippen LogP) is 2.86. The van der Waals surface area contributed by atoms with Crippen molar-refractivity contribution >= 4 is 33.5 Å². The highest BCUT2D eigenvalue weighted by molar-refractivity contribution is 9.10. The maximum atomic E-state index is 12.3. The zero-order valence-corrected chi connectivity index (χ0v) is 18.0. The van der Waals surface area contributed by atoms with Gasteiger partial charge in [-0.3, -0.25) is 4.79 Å². The second-order valence-corrected chi connectivity index (χ2v) is 7.06.